The van der Waals surface area contributed by atoms with Gasteiger partial charge in [0.25, 0.3) is 0 Å². The Morgan fingerprint density at radius 2 is 2.42 bits per heavy atom. The lowest BCUT2D eigenvalue weighted by atomic mass is 10.3. The van der Waals surface area contributed by atoms with E-state index in [1.165, 1.54) is 0 Å². The summed E-state index contributed by atoms with van der Waals surface area (Å²) in [7, 11) is 0. The summed E-state index contributed by atoms with van der Waals surface area (Å²) >= 11 is 0. The third kappa shape index (κ3) is 0.993. The predicted molar refractivity (Wildman–Crippen MR) is 45.3 cm³/mol. The molecule has 3 heteroatoms. The van der Waals surface area contributed by atoms with Crippen molar-refractivity contribution in [3.05, 3.63) is 35.8 Å². The summed E-state index contributed by atoms with van der Waals surface area (Å²) < 4.78 is 1.83. The van der Waals surface area contributed by atoms with Gasteiger partial charge in [0.05, 0.1) is 0 Å². The Morgan fingerprint density at radius 3 is 3.17 bits per heavy atom. The number of hydrogen-bond donors (Lipinski definition) is 0. The highest BCUT2D eigenvalue weighted by Crippen LogP contribution is 2.05. The normalized spacial score (nSPS) is 10.4. The van der Waals surface area contributed by atoms with Gasteiger partial charge in [0, 0.05) is 12.4 Å². The van der Waals surface area contributed by atoms with Crippen LogP contribution in [0.3, 0.4) is 0 Å². The SMILES string of the molecule is Cc1ccn2cc(C=O)nc2c1. The fourth-order valence-corrected chi connectivity index (χ4v) is 1.16. The van der Waals surface area contributed by atoms with Gasteiger partial charge in [-0.25, -0.2) is 4.98 Å². The van der Waals surface area contributed by atoms with Crippen molar-refractivity contribution in [3.8, 4) is 0 Å². The lowest BCUT2D eigenvalue weighted by molar-refractivity contribution is 0.111. The fraction of sp³-hybridized carbons (Fsp3) is 0.111. The molecule has 0 saturated carbocycles. The van der Waals surface area contributed by atoms with Crippen molar-refractivity contribution in [2.45, 2.75) is 6.92 Å². The van der Waals surface area contributed by atoms with Crippen molar-refractivity contribution in [1.29, 1.82) is 0 Å². The minimum atomic E-state index is 0.473. The standard InChI is InChI=1S/C9H8N2O/c1-7-2-3-11-5-8(6-12)10-9(11)4-7/h2-6H,1H3. The maximum atomic E-state index is 10.4. The molecule has 0 aromatic carbocycles. The zero-order valence-electron chi connectivity index (χ0n) is 6.69. The van der Waals surface area contributed by atoms with E-state index in [9.17, 15) is 4.79 Å². The fourth-order valence-electron chi connectivity index (χ4n) is 1.16. The van der Waals surface area contributed by atoms with Crippen LogP contribution in [0.4, 0.5) is 0 Å². The van der Waals surface area contributed by atoms with E-state index in [4.69, 9.17) is 0 Å². The van der Waals surface area contributed by atoms with E-state index in [1.54, 1.807) is 6.20 Å². The van der Waals surface area contributed by atoms with Crippen LogP contribution in [-0.2, 0) is 0 Å². The number of pyridine rings is 1. The van der Waals surface area contributed by atoms with Crippen molar-refractivity contribution >= 4 is 11.9 Å². The van der Waals surface area contributed by atoms with Gasteiger partial charge in [-0.2, -0.15) is 0 Å². The molecule has 3 nitrogen and oxygen atoms in total. The molecule has 0 aliphatic heterocycles. The molecule has 2 aromatic rings. The van der Waals surface area contributed by atoms with Crippen molar-refractivity contribution in [3.63, 3.8) is 0 Å². The van der Waals surface area contributed by atoms with Crippen LogP contribution in [0.1, 0.15) is 16.1 Å². The van der Waals surface area contributed by atoms with Crippen molar-refractivity contribution < 1.29 is 4.79 Å². The number of aromatic nitrogens is 2. The van der Waals surface area contributed by atoms with Crippen molar-refractivity contribution in [1.82, 2.24) is 9.38 Å². The highest BCUT2D eigenvalue weighted by atomic mass is 16.1. The zero-order chi connectivity index (χ0) is 8.55. The molecule has 0 bridgehead atoms. The first-order chi connectivity index (χ1) is 5.79. The molecule has 0 spiro atoms. The first-order valence-electron chi connectivity index (χ1n) is 3.70. The topological polar surface area (TPSA) is 34.4 Å². The summed E-state index contributed by atoms with van der Waals surface area (Å²) in [6.07, 6.45) is 4.36. The zero-order valence-corrected chi connectivity index (χ0v) is 6.69. The van der Waals surface area contributed by atoms with Crippen LogP contribution < -0.4 is 0 Å². The molecule has 60 valence electrons. The molecule has 0 amide bonds. The summed E-state index contributed by atoms with van der Waals surface area (Å²) in [6.45, 7) is 2.00. The lowest BCUT2D eigenvalue weighted by Gasteiger charge is -1.92. The van der Waals surface area contributed by atoms with Gasteiger partial charge < -0.3 is 4.40 Å². The minimum Gasteiger partial charge on any atom is -0.306 e. The van der Waals surface area contributed by atoms with Crippen LogP contribution in [0.5, 0.6) is 0 Å². The molecule has 2 aromatic heterocycles. The second-order valence-electron chi connectivity index (χ2n) is 2.75. The van der Waals surface area contributed by atoms with E-state index >= 15 is 0 Å². The number of carbonyl (C=O) groups is 1. The van der Waals surface area contributed by atoms with E-state index < -0.39 is 0 Å². The minimum absolute atomic E-state index is 0.473. The van der Waals surface area contributed by atoms with Gasteiger partial charge in [-0.05, 0) is 24.6 Å². The Kier molecular flexibility index (Phi) is 1.43. The van der Waals surface area contributed by atoms with Crippen LogP contribution in [0.2, 0.25) is 0 Å². The molecule has 0 atom stereocenters. The number of imidazole rings is 1. The summed E-state index contributed by atoms with van der Waals surface area (Å²) in [4.78, 5) is 14.5. The third-order valence-electron chi connectivity index (χ3n) is 1.76. The molecule has 0 aliphatic rings. The summed E-state index contributed by atoms with van der Waals surface area (Å²) in [6, 6.07) is 3.91. The van der Waals surface area contributed by atoms with E-state index in [0.717, 1.165) is 17.5 Å². The molecular weight excluding hydrogens is 152 g/mol. The van der Waals surface area contributed by atoms with Gasteiger partial charge in [0.15, 0.2) is 6.29 Å². The number of aryl methyl sites for hydroxylation is 1. The Hall–Kier alpha value is -1.64. The number of rotatable bonds is 1. The summed E-state index contributed by atoms with van der Waals surface area (Å²) in [5.74, 6) is 0. The smallest absolute Gasteiger partial charge is 0.170 e. The van der Waals surface area contributed by atoms with Gasteiger partial charge in [-0.15, -0.1) is 0 Å². The number of hydrogen-bond acceptors (Lipinski definition) is 2. The van der Waals surface area contributed by atoms with Gasteiger partial charge in [0.1, 0.15) is 11.3 Å². The van der Waals surface area contributed by atoms with Gasteiger partial charge in [0.2, 0.25) is 0 Å². The Morgan fingerprint density at radius 1 is 1.58 bits per heavy atom. The van der Waals surface area contributed by atoms with Crippen LogP contribution in [0, 0.1) is 6.92 Å². The number of fused-ring (bicyclic) bond motifs is 1. The maximum absolute atomic E-state index is 10.4. The van der Waals surface area contributed by atoms with Crippen LogP contribution in [0.15, 0.2) is 24.5 Å². The molecule has 0 N–H and O–H groups in total. The first-order valence-corrected chi connectivity index (χ1v) is 3.70. The number of carbonyl (C=O) groups excluding carboxylic acids is 1. The average molecular weight is 160 g/mol. The van der Waals surface area contributed by atoms with Gasteiger partial charge in [-0.1, -0.05) is 0 Å². The number of aldehydes is 1. The monoisotopic (exact) mass is 160 g/mol. The Balaban J connectivity index is 2.75. The molecule has 12 heavy (non-hydrogen) atoms. The van der Waals surface area contributed by atoms with Gasteiger partial charge >= 0.3 is 0 Å². The van der Waals surface area contributed by atoms with Crippen LogP contribution in [0.25, 0.3) is 5.65 Å². The Labute approximate surface area is 69.7 Å². The first kappa shape index (κ1) is 7.03. The van der Waals surface area contributed by atoms with E-state index in [1.807, 2.05) is 29.7 Å². The molecule has 0 fully saturated rings. The van der Waals surface area contributed by atoms with Crippen molar-refractivity contribution in [2.24, 2.45) is 0 Å². The molecule has 0 unspecified atom stereocenters. The second-order valence-corrected chi connectivity index (χ2v) is 2.75. The van der Waals surface area contributed by atoms with E-state index in [0.29, 0.717) is 5.69 Å². The van der Waals surface area contributed by atoms with Crippen LogP contribution >= 0.6 is 0 Å². The van der Waals surface area contributed by atoms with E-state index in [2.05, 4.69) is 4.98 Å². The maximum Gasteiger partial charge on any atom is 0.170 e. The molecular formula is C9H8N2O. The second kappa shape index (κ2) is 2.44. The molecule has 0 aliphatic carbocycles. The summed E-state index contributed by atoms with van der Waals surface area (Å²) in [5.41, 5.74) is 2.43. The third-order valence-corrected chi connectivity index (χ3v) is 1.76. The molecule has 2 rings (SSSR count). The molecule has 2 heterocycles. The van der Waals surface area contributed by atoms with Crippen LogP contribution in [-0.4, -0.2) is 15.7 Å². The Bertz CT molecular complexity index is 431. The highest BCUT2D eigenvalue weighted by Gasteiger charge is 1.98. The molecule has 0 radical (unpaired) electrons. The largest absolute Gasteiger partial charge is 0.306 e. The predicted octanol–water partition coefficient (Wildman–Crippen LogP) is 1.46. The summed E-state index contributed by atoms with van der Waals surface area (Å²) in [5, 5.41) is 0. The number of nitrogens with zero attached hydrogens (tertiary/aromatic N) is 2. The quantitative estimate of drug-likeness (QED) is 0.592. The lowest BCUT2D eigenvalue weighted by Crippen LogP contribution is -1.81. The van der Waals surface area contributed by atoms with Crippen molar-refractivity contribution in [2.75, 3.05) is 0 Å². The average Bonchev–Trinajstić information content (AvgIpc) is 2.46. The van der Waals surface area contributed by atoms with Gasteiger partial charge in [-0.3, -0.25) is 4.79 Å². The molecule has 0 saturated heterocycles. The van der Waals surface area contributed by atoms with E-state index in [-0.39, 0.29) is 0 Å². The highest BCUT2D eigenvalue weighted by molar-refractivity contribution is 5.73.